The van der Waals surface area contributed by atoms with Crippen LogP contribution in [0, 0.1) is 0 Å². The molecule has 2 atom stereocenters. The zero-order valence-electron chi connectivity index (χ0n) is 16.5. The molecule has 148 valence electrons. The Kier molecular flexibility index (Phi) is 7.33. The van der Waals surface area contributed by atoms with E-state index in [9.17, 15) is 10.2 Å². The molecule has 0 aliphatic heterocycles. The molecule has 0 aliphatic rings. The minimum Gasteiger partial charge on any atom is -0.493 e. The van der Waals surface area contributed by atoms with E-state index >= 15 is 0 Å². The topological polar surface area (TPSA) is 77.4 Å². The second kappa shape index (κ2) is 9.48. The van der Waals surface area contributed by atoms with Crippen molar-refractivity contribution in [2.45, 2.75) is 38.9 Å². The lowest BCUT2D eigenvalue weighted by molar-refractivity contribution is 0.194. The van der Waals surface area contributed by atoms with Crippen LogP contribution in [0.5, 0.6) is 28.7 Å². The van der Waals surface area contributed by atoms with Gasteiger partial charge in [0.1, 0.15) is 0 Å². The third kappa shape index (κ3) is 5.52. The molecule has 0 aliphatic carbocycles. The Morgan fingerprint density at radius 1 is 0.704 bits per heavy atom. The van der Waals surface area contributed by atoms with Crippen LogP contribution in [0.1, 0.15) is 25.0 Å². The first kappa shape index (κ1) is 20.9. The molecule has 0 saturated carbocycles. The Bertz CT molecular complexity index is 755. The van der Waals surface area contributed by atoms with Crippen LogP contribution in [0.4, 0.5) is 0 Å². The molecule has 2 N–H and O–H groups in total. The normalized spacial score (nSPS) is 13.0. The van der Waals surface area contributed by atoms with Gasteiger partial charge in [-0.3, -0.25) is 0 Å². The second-order valence-electron chi connectivity index (χ2n) is 6.52. The summed E-state index contributed by atoms with van der Waals surface area (Å²) in [6.07, 6.45) is 0.0481. The molecular weight excluding hydrogens is 348 g/mol. The largest absolute Gasteiger partial charge is 0.493 e. The van der Waals surface area contributed by atoms with Crippen molar-refractivity contribution in [2.24, 2.45) is 0 Å². The van der Waals surface area contributed by atoms with Crippen LogP contribution in [0.15, 0.2) is 30.3 Å². The van der Waals surface area contributed by atoms with Gasteiger partial charge in [-0.1, -0.05) is 6.07 Å². The summed E-state index contributed by atoms with van der Waals surface area (Å²) in [6, 6.07) is 9.15. The van der Waals surface area contributed by atoms with E-state index in [0.29, 0.717) is 41.6 Å². The number of rotatable bonds is 9. The highest BCUT2D eigenvalue weighted by Crippen LogP contribution is 2.43. The summed E-state index contributed by atoms with van der Waals surface area (Å²) >= 11 is 0. The van der Waals surface area contributed by atoms with Crippen LogP contribution in [0.2, 0.25) is 0 Å². The standard InChI is InChI=1S/C21H28O6/c1-13(22)8-15-6-7-17(18(10-15)24-3)27-20-12-16(9-14(2)23)11-19(25-4)21(20)26-5/h6-7,10-14,22-23H,8-9H2,1-5H3. The number of methoxy groups -OCH3 is 3. The monoisotopic (exact) mass is 376 g/mol. The Morgan fingerprint density at radius 3 is 1.81 bits per heavy atom. The molecule has 0 radical (unpaired) electrons. The van der Waals surface area contributed by atoms with Crippen LogP contribution in [-0.2, 0) is 12.8 Å². The van der Waals surface area contributed by atoms with E-state index in [2.05, 4.69) is 0 Å². The van der Waals surface area contributed by atoms with Crippen molar-refractivity contribution in [3.8, 4) is 28.7 Å². The van der Waals surface area contributed by atoms with E-state index in [0.717, 1.165) is 11.1 Å². The summed E-state index contributed by atoms with van der Waals surface area (Å²) in [5.74, 6) is 2.52. The predicted octanol–water partition coefficient (Wildman–Crippen LogP) is 3.35. The number of aliphatic hydroxyl groups is 2. The summed E-state index contributed by atoms with van der Waals surface area (Å²) in [5, 5.41) is 19.3. The average Bonchev–Trinajstić information content (AvgIpc) is 2.61. The zero-order valence-corrected chi connectivity index (χ0v) is 16.5. The smallest absolute Gasteiger partial charge is 0.203 e. The molecule has 0 fully saturated rings. The zero-order chi connectivity index (χ0) is 20.0. The average molecular weight is 376 g/mol. The summed E-state index contributed by atoms with van der Waals surface area (Å²) in [4.78, 5) is 0. The Balaban J connectivity index is 2.42. The molecule has 2 unspecified atom stereocenters. The van der Waals surface area contributed by atoms with Gasteiger partial charge in [0.2, 0.25) is 5.75 Å². The van der Waals surface area contributed by atoms with E-state index in [4.69, 9.17) is 18.9 Å². The van der Waals surface area contributed by atoms with Crippen molar-refractivity contribution in [3.63, 3.8) is 0 Å². The molecule has 6 nitrogen and oxygen atoms in total. The van der Waals surface area contributed by atoms with E-state index in [1.165, 1.54) is 0 Å². The lowest BCUT2D eigenvalue weighted by atomic mass is 10.1. The van der Waals surface area contributed by atoms with Crippen molar-refractivity contribution in [1.82, 2.24) is 0 Å². The maximum absolute atomic E-state index is 9.71. The second-order valence-corrected chi connectivity index (χ2v) is 6.52. The molecule has 0 bridgehead atoms. The first-order chi connectivity index (χ1) is 12.9. The summed E-state index contributed by atoms with van der Waals surface area (Å²) in [7, 11) is 4.66. The van der Waals surface area contributed by atoms with Gasteiger partial charge >= 0.3 is 0 Å². The van der Waals surface area contributed by atoms with Crippen molar-refractivity contribution in [2.75, 3.05) is 21.3 Å². The van der Waals surface area contributed by atoms with Crippen LogP contribution in [-0.4, -0.2) is 43.8 Å². The Labute approximate surface area is 160 Å². The number of benzene rings is 2. The molecule has 27 heavy (non-hydrogen) atoms. The predicted molar refractivity (Wildman–Crippen MR) is 103 cm³/mol. The molecule has 2 rings (SSSR count). The third-order valence-electron chi connectivity index (χ3n) is 4.01. The fourth-order valence-electron chi connectivity index (χ4n) is 2.90. The van der Waals surface area contributed by atoms with Crippen molar-refractivity contribution in [3.05, 3.63) is 41.5 Å². The quantitative estimate of drug-likeness (QED) is 0.699. The highest BCUT2D eigenvalue weighted by Gasteiger charge is 2.17. The van der Waals surface area contributed by atoms with Gasteiger partial charge in [-0.15, -0.1) is 0 Å². The van der Waals surface area contributed by atoms with E-state index in [1.807, 2.05) is 24.3 Å². The van der Waals surface area contributed by atoms with Gasteiger partial charge in [-0.05, 0) is 62.1 Å². The van der Waals surface area contributed by atoms with Crippen LogP contribution in [0.25, 0.3) is 0 Å². The fourth-order valence-corrected chi connectivity index (χ4v) is 2.90. The molecule has 0 amide bonds. The Morgan fingerprint density at radius 2 is 1.26 bits per heavy atom. The van der Waals surface area contributed by atoms with Crippen LogP contribution >= 0.6 is 0 Å². The number of hydrogen-bond acceptors (Lipinski definition) is 6. The van der Waals surface area contributed by atoms with Gasteiger partial charge in [0, 0.05) is 0 Å². The highest BCUT2D eigenvalue weighted by molar-refractivity contribution is 5.56. The van der Waals surface area contributed by atoms with Gasteiger partial charge in [0.15, 0.2) is 23.0 Å². The van der Waals surface area contributed by atoms with E-state index < -0.39 is 12.2 Å². The van der Waals surface area contributed by atoms with Crippen LogP contribution in [0.3, 0.4) is 0 Å². The molecular formula is C21H28O6. The molecule has 0 aromatic heterocycles. The van der Waals surface area contributed by atoms with Gasteiger partial charge in [0.25, 0.3) is 0 Å². The number of hydrogen-bond donors (Lipinski definition) is 2. The van der Waals surface area contributed by atoms with Gasteiger partial charge in [-0.2, -0.15) is 0 Å². The van der Waals surface area contributed by atoms with Gasteiger partial charge in [-0.25, -0.2) is 0 Å². The van der Waals surface area contributed by atoms with Crippen molar-refractivity contribution in [1.29, 1.82) is 0 Å². The Hall–Kier alpha value is -2.44. The molecule has 0 spiro atoms. The molecule has 2 aromatic rings. The fraction of sp³-hybridized carbons (Fsp3) is 0.429. The van der Waals surface area contributed by atoms with Crippen LogP contribution < -0.4 is 18.9 Å². The SMILES string of the molecule is COc1cc(CC(C)O)ccc1Oc1cc(CC(C)O)cc(OC)c1OC. The third-order valence-corrected chi connectivity index (χ3v) is 4.01. The maximum atomic E-state index is 9.71. The first-order valence-electron chi connectivity index (χ1n) is 8.83. The summed E-state index contributed by atoms with van der Waals surface area (Å²) in [5.41, 5.74) is 1.81. The first-order valence-corrected chi connectivity index (χ1v) is 8.83. The van der Waals surface area contributed by atoms with E-state index in [-0.39, 0.29) is 0 Å². The lowest BCUT2D eigenvalue weighted by Gasteiger charge is -2.18. The van der Waals surface area contributed by atoms with Gasteiger partial charge in [0.05, 0.1) is 33.5 Å². The summed E-state index contributed by atoms with van der Waals surface area (Å²) < 4.78 is 22.4. The lowest BCUT2D eigenvalue weighted by Crippen LogP contribution is -2.06. The minimum atomic E-state index is -0.495. The molecule has 6 heteroatoms. The molecule has 0 saturated heterocycles. The molecule has 2 aromatic carbocycles. The maximum Gasteiger partial charge on any atom is 0.203 e. The molecule has 0 heterocycles. The number of aliphatic hydroxyl groups excluding tert-OH is 2. The highest BCUT2D eigenvalue weighted by atomic mass is 16.5. The van der Waals surface area contributed by atoms with E-state index in [1.54, 1.807) is 41.2 Å². The number of ether oxygens (including phenoxy) is 4. The van der Waals surface area contributed by atoms with Crippen molar-refractivity contribution >= 4 is 0 Å². The minimum absolute atomic E-state index is 0.442. The van der Waals surface area contributed by atoms with Gasteiger partial charge < -0.3 is 29.2 Å². The summed E-state index contributed by atoms with van der Waals surface area (Å²) in [6.45, 7) is 3.46. The van der Waals surface area contributed by atoms with Crippen molar-refractivity contribution < 1.29 is 29.2 Å².